The highest BCUT2D eigenvalue weighted by Gasteiger charge is 2.18. The molecule has 15 heterocycles. The van der Waals surface area contributed by atoms with Crippen molar-refractivity contribution in [2.24, 2.45) is 0 Å². The third kappa shape index (κ3) is 33.4. The maximum atomic E-state index is 12.3. The predicted molar refractivity (Wildman–Crippen MR) is 531 cm³/mol. The van der Waals surface area contributed by atoms with Crippen molar-refractivity contribution in [1.82, 2.24) is 99.7 Å². The normalized spacial score (nSPS) is 9.99. The van der Waals surface area contributed by atoms with E-state index in [4.69, 9.17) is 41.3 Å². The predicted octanol–water partition coefficient (Wildman–Crippen LogP) is 18.7. The van der Waals surface area contributed by atoms with Gasteiger partial charge in [-0.15, -0.1) is 12.8 Å². The Balaban J connectivity index is 0.000000153. The van der Waals surface area contributed by atoms with Gasteiger partial charge in [0.25, 0.3) is 35.4 Å². The second-order valence-corrected chi connectivity index (χ2v) is 29.4. The number of aromatic nitrogens is 20. The van der Waals surface area contributed by atoms with Gasteiger partial charge in [0.05, 0.1) is 80.6 Å². The van der Waals surface area contributed by atoms with Gasteiger partial charge in [-0.2, -0.15) is 9.97 Å². The number of carbonyl (C=O) groups excluding carboxylic acids is 6. The molecular weight excluding hydrogens is 1820 g/mol. The molecule has 38 heteroatoms. The molecule has 0 atom stereocenters. The number of rotatable bonds is 24. The van der Waals surface area contributed by atoms with E-state index in [1.165, 1.54) is 74.8 Å². The Morgan fingerprint density at radius 3 is 1.08 bits per heavy atom. The van der Waals surface area contributed by atoms with E-state index in [2.05, 4.69) is 143 Å². The Bertz CT molecular complexity index is 7010. The van der Waals surface area contributed by atoms with E-state index < -0.39 is 5.91 Å². The fourth-order valence-electron chi connectivity index (χ4n) is 11.7. The average Bonchev–Trinajstić information content (AvgIpc) is 0.872. The van der Waals surface area contributed by atoms with Crippen molar-refractivity contribution >= 4 is 70.1 Å². The summed E-state index contributed by atoms with van der Waals surface area (Å²) in [5.41, 5.74) is 10.0. The summed E-state index contributed by atoms with van der Waals surface area (Å²) in [6.07, 6.45) is 42.5. The highest BCUT2D eigenvalue weighted by atomic mass is 16.5. The lowest BCUT2D eigenvalue weighted by atomic mass is 10.1. The number of terminal acetylenes is 2. The van der Waals surface area contributed by atoms with Gasteiger partial charge in [0.1, 0.15) is 82.1 Å². The van der Waals surface area contributed by atoms with Crippen molar-refractivity contribution in [2.75, 3.05) is 31.9 Å². The summed E-state index contributed by atoms with van der Waals surface area (Å²) in [4.78, 5) is 154. The molecule has 15 aromatic heterocycles. The summed E-state index contributed by atoms with van der Waals surface area (Å²) < 4.78 is 33.5. The SMILES string of the molecule is C.C#Cc1cccc(C(=O)Nc2cc(Oc3cncnc3)ccn2)n1.C#Cc1cccc(C(=O)Nc2ccnc(Oc3cccnc3)c2)c1.Cc1ccc(Oc2cncc(NC(=O)c3cccc(C)n3)n2)cn1.Cc1cccc(C(=O)Nc2cc(Oc3cncnc3)ccn2)n1.Cc1cccc(C(=O)Nc2ccnc(Oc3cncnc3)c2)c1.Cc1cccc(C(=O)Nc2cncc(Oc3ccc(C)nc3)n2)c1. The summed E-state index contributed by atoms with van der Waals surface area (Å²) in [5.74, 6) is 9.73. The first-order valence-electron chi connectivity index (χ1n) is 42.5. The molecule has 708 valence electrons. The van der Waals surface area contributed by atoms with Crippen LogP contribution in [0, 0.1) is 66.2 Å². The zero-order chi connectivity index (χ0) is 99.6. The molecule has 0 aliphatic rings. The number of carbonyl (C=O) groups is 6. The van der Waals surface area contributed by atoms with E-state index in [1.807, 2.05) is 96.1 Å². The van der Waals surface area contributed by atoms with E-state index >= 15 is 0 Å². The molecule has 0 bridgehead atoms. The minimum Gasteiger partial charge on any atom is -0.454 e. The fourth-order valence-corrected chi connectivity index (χ4v) is 11.7. The van der Waals surface area contributed by atoms with Crippen LogP contribution in [-0.2, 0) is 0 Å². The van der Waals surface area contributed by atoms with E-state index in [-0.39, 0.29) is 60.2 Å². The molecule has 18 rings (SSSR count). The van der Waals surface area contributed by atoms with Gasteiger partial charge in [-0.1, -0.05) is 78.9 Å². The first kappa shape index (κ1) is 101. The molecule has 0 spiro atoms. The average molecular weight is 1900 g/mol. The summed E-state index contributed by atoms with van der Waals surface area (Å²) in [6.45, 7) is 11.3. The molecule has 0 aliphatic heterocycles. The Hall–Kier alpha value is -20.7. The molecule has 0 radical (unpaired) electrons. The summed E-state index contributed by atoms with van der Waals surface area (Å²) in [7, 11) is 0. The zero-order valence-corrected chi connectivity index (χ0v) is 76.3. The van der Waals surface area contributed by atoms with Gasteiger partial charge in [0, 0.05) is 112 Å². The van der Waals surface area contributed by atoms with Gasteiger partial charge in [0.15, 0.2) is 28.9 Å². The van der Waals surface area contributed by atoms with Crippen molar-refractivity contribution in [3.05, 3.63) is 422 Å². The van der Waals surface area contributed by atoms with Crippen molar-refractivity contribution in [3.63, 3.8) is 0 Å². The number of aryl methyl sites for hydroxylation is 6. The Labute approximate surface area is 819 Å². The van der Waals surface area contributed by atoms with Crippen LogP contribution in [0.3, 0.4) is 0 Å². The van der Waals surface area contributed by atoms with Crippen molar-refractivity contribution in [1.29, 1.82) is 0 Å². The fraction of sp³-hybridized carbons (Fsp3) is 0.0667. The third-order valence-corrected chi connectivity index (χ3v) is 18.2. The highest BCUT2D eigenvalue weighted by Crippen LogP contribution is 2.29. The number of hydrogen-bond donors (Lipinski definition) is 6. The highest BCUT2D eigenvalue weighted by molar-refractivity contribution is 6.07. The van der Waals surface area contributed by atoms with Crippen molar-refractivity contribution < 1.29 is 57.2 Å². The van der Waals surface area contributed by atoms with Gasteiger partial charge in [0.2, 0.25) is 23.5 Å². The lowest BCUT2D eigenvalue weighted by Gasteiger charge is -2.08. The van der Waals surface area contributed by atoms with Crippen molar-refractivity contribution in [3.8, 4) is 94.2 Å². The standard InChI is InChI=1S/C19H13N3O2.C18H16N4O2.C17H15N5O2.C17H11N5O2.C17H14N4O2.C16H13N5O2.CH4/c1-2-14-5-3-6-15(11-14)19(23)22-16-8-10-21-18(12-16)24-17-7-4-9-20-13-17;1-12-4-3-5-14(8-12)18(23)22-16-10-19-11-17(21-16)24-15-7-6-13(2)20-9-15;1-11-6-7-13(8-19-11)24-16-10-18-9-15(21-16)22-17(23)14-5-3-4-12(2)20-14;1-2-12-4-3-5-15(21-12)17(23)22-16-8-13(6-7-20-16)24-14-9-18-11-19-10-14;1-12-3-2-4-13(7-12)17(22)21-14-5-6-20-16(8-14)23-15-9-18-11-19-10-15;1-11-3-2-4-14(20-11)16(22)21-15-7-12(5-6-19-15)23-13-8-17-10-18-9-13;/h1,3-13H,(H,21,22,23);3-11H,1-2H3,(H,21,22,23);3-10H,1-2H3,(H,21,22,23);1,3-11H,(H,20,22,23);2-11H,1H3,(H,20,21,22);2-10H,1H3,(H,19,21,22);1H4. The quantitative estimate of drug-likeness (QED) is 0.0306. The number of ether oxygens (including phenoxy) is 6. The Morgan fingerprint density at radius 1 is 0.259 bits per heavy atom. The minimum absolute atomic E-state index is 0. The van der Waals surface area contributed by atoms with Crippen LogP contribution < -0.4 is 60.3 Å². The summed E-state index contributed by atoms with van der Waals surface area (Å²) >= 11 is 0. The van der Waals surface area contributed by atoms with Crippen molar-refractivity contribution in [2.45, 2.75) is 49.0 Å². The van der Waals surface area contributed by atoms with Crippen LogP contribution >= 0.6 is 0 Å². The third-order valence-electron chi connectivity index (χ3n) is 18.2. The molecule has 0 unspecified atom stereocenters. The van der Waals surface area contributed by atoms with Gasteiger partial charge in [-0.05, 0) is 181 Å². The number of hydrogen-bond acceptors (Lipinski definition) is 32. The molecule has 3 aromatic carbocycles. The van der Waals surface area contributed by atoms with Crippen LogP contribution in [0.5, 0.6) is 69.5 Å². The number of amides is 6. The molecule has 18 aromatic rings. The van der Waals surface area contributed by atoms with Crippen LogP contribution in [0.25, 0.3) is 0 Å². The van der Waals surface area contributed by atoms with Gasteiger partial charge >= 0.3 is 0 Å². The Morgan fingerprint density at radius 2 is 0.650 bits per heavy atom. The Kier molecular flexibility index (Phi) is 37.0. The maximum Gasteiger partial charge on any atom is 0.275 e. The number of anilines is 6. The minimum atomic E-state index is -0.417. The molecule has 0 aliphatic carbocycles. The van der Waals surface area contributed by atoms with Gasteiger partial charge in [-0.25, -0.2) is 64.8 Å². The van der Waals surface area contributed by atoms with E-state index in [0.717, 1.165) is 33.9 Å². The van der Waals surface area contributed by atoms with Crippen LogP contribution in [0.2, 0.25) is 0 Å². The monoisotopic (exact) mass is 1900 g/mol. The molecule has 38 nitrogen and oxygen atoms in total. The van der Waals surface area contributed by atoms with Crippen LogP contribution in [0.1, 0.15) is 115 Å². The van der Waals surface area contributed by atoms with Gasteiger partial charge < -0.3 is 60.3 Å². The van der Waals surface area contributed by atoms with Crippen LogP contribution in [0.4, 0.5) is 34.6 Å². The first-order chi connectivity index (χ1) is 69.1. The molecule has 0 saturated carbocycles. The van der Waals surface area contributed by atoms with Crippen LogP contribution in [-0.4, -0.2) is 135 Å². The first-order valence-corrected chi connectivity index (χ1v) is 42.5. The number of pyridine rings is 10. The van der Waals surface area contributed by atoms with E-state index in [9.17, 15) is 28.8 Å². The summed E-state index contributed by atoms with van der Waals surface area (Å²) in [6, 6.07) is 60.9. The number of benzene rings is 3. The molecule has 0 saturated heterocycles. The van der Waals surface area contributed by atoms with Gasteiger partial charge in [-0.3, -0.25) is 53.7 Å². The van der Waals surface area contributed by atoms with Crippen LogP contribution in [0.15, 0.2) is 343 Å². The second-order valence-electron chi connectivity index (χ2n) is 29.4. The van der Waals surface area contributed by atoms with E-state index in [1.54, 1.807) is 213 Å². The lowest BCUT2D eigenvalue weighted by Crippen LogP contribution is -2.15. The molecule has 6 N–H and O–H groups in total. The lowest BCUT2D eigenvalue weighted by molar-refractivity contribution is 0.101. The second kappa shape index (κ2) is 52.2. The largest absolute Gasteiger partial charge is 0.454 e. The smallest absolute Gasteiger partial charge is 0.275 e. The van der Waals surface area contributed by atoms with E-state index in [0.29, 0.717) is 126 Å². The molecule has 0 fully saturated rings. The number of nitrogens with zero attached hydrogens (tertiary/aromatic N) is 20. The zero-order valence-electron chi connectivity index (χ0n) is 76.3. The summed E-state index contributed by atoms with van der Waals surface area (Å²) in [5, 5.41) is 16.3. The number of nitrogens with one attached hydrogen (secondary N) is 6. The topological polar surface area (TPSA) is 488 Å². The molecular formula is C105H86N26O12. The molecule has 6 amide bonds. The maximum absolute atomic E-state index is 12.3. The molecule has 143 heavy (non-hydrogen) atoms.